The predicted molar refractivity (Wildman–Crippen MR) is 140 cm³/mol. The molecule has 35 heavy (non-hydrogen) atoms. The lowest BCUT2D eigenvalue weighted by molar-refractivity contribution is -0.134. The van der Waals surface area contributed by atoms with Crippen molar-refractivity contribution in [3.63, 3.8) is 0 Å². The molecule has 0 aromatic heterocycles. The quantitative estimate of drug-likeness (QED) is 0.252. The number of fused-ring (bicyclic) bond motifs is 1. The summed E-state index contributed by atoms with van der Waals surface area (Å²) < 4.78 is 42.1. The van der Waals surface area contributed by atoms with Crippen LogP contribution in [0.15, 0.2) is 59.4 Å². The second-order valence-electron chi connectivity index (χ2n) is 9.26. The van der Waals surface area contributed by atoms with Crippen LogP contribution in [0.5, 0.6) is 5.75 Å². The standard InChI is InChI=1S/C26H35FN2O5S/c1-5-7-13-26(6-2)17-29(19-11-9-8-10-12-19)22-14-21(28(3)4)23(34-16-20(27)25(30)31)15-24(22)35(32,33)18-26/h8-12,14-16,32-33H,5-7,13,17-18H2,1-4H3,(H,30,31)/b20-16-/t26-/m1/s1. The number of anilines is 3. The first-order valence-corrected chi connectivity index (χ1v) is 13.4. The largest absolute Gasteiger partial charge is 0.476 e. The molecule has 1 heterocycles. The Kier molecular flexibility index (Phi) is 8.35. The third-order valence-electron chi connectivity index (χ3n) is 6.54. The summed E-state index contributed by atoms with van der Waals surface area (Å²) in [6.07, 6.45) is 4.12. The van der Waals surface area contributed by atoms with E-state index in [4.69, 9.17) is 9.84 Å². The van der Waals surface area contributed by atoms with Gasteiger partial charge in [-0.25, -0.2) is 4.79 Å². The van der Waals surface area contributed by atoms with Gasteiger partial charge in [0, 0.05) is 43.6 Å². The number of para-hydroxylation sites is 1. The fraction of sp³-hybridized carbons (Fsp3) is 0.423. The Morgan fingerprint density at radius 1 is 1.23 bits per heavy atom. The minimum Gasteiger partial charge on any atom is -0.476 e. The lowest BCUT2D eigenvalue weighted by Crippen LogP contribution is -2.37. The zero-order valence-corrected chi connectivity index (χ0v) is 21.5. The van der Waals surface area contributed by atoms with Crippen LogP contribution < -0.4 is 14.5 Å². The summed E-state index contributed by atoms with van der Waals surface area (Å²) in [4.78, 5) is 15.1. The molecule has 3 N–H and O–H groups in total. The third kappa shape index (κ3) is 5.91. The number of aliphatic carboxylic acids is 1. The Morgan fingerprint density at radius 3 is 2.49 bits per heavy atom. The van der Waals surface area contributed by atoms with E-state index in [9.17, 15) is 18.3 Å². The van der Waals surface area contributed by atoms with Crippen LogP contribution in [0.25, 0.3) is 0 Å². The van der Waals surface area contributed by atoms with Crippen LogP contribution in [0, 0.1) is 5.41 Å². The number of nitrogens with zero attached hydrogens (tertiary/aromatic N) is 2. The van der Waals surface area contributed by atoms with E-state index in [0.29, 0.717) is 29.1 Å². The number of hydrogen-bond acceptors (Lipinski definition) is 6. The first-order chi connectivity index (χ1) is 16.5. The van der Waals surface area contributed by atoms with Crippen molar-refractivity contribution in [1.29, 1.82) is 0 Å². The van der Waals surface area contributed by atoms with E-state index in [1.165, 1.54) is 6.07 Å². The highest BCUT2D eigenvalue weighted by Gasteiger charge is 2.42. The molecule has 0 amide bonds. The molecule has 1 atom stereocenters. The molecule has 192 valence electrons. The van der Waals surface area contributed by atoms with Crippen LogP contribution in [0.2, 0.25) is 0 Å². The monoisotopic (exact) mass is 506 g/mol. The van der Waals surface area contributed by atoms with Gasteiger partial charge in [0.15, 0.2) is 5.75 Å². The first kappa shape index (κ1) is 26.8. The van der Waals surface area contributed by atoms with Crippen LogP contribution >= 0.6 is 10.6 Å². The number of unbranched alkanes of at least 4 members (excludes halogenated alkanes) is 1. The second-order valence-corrected chi connectivity index (χ2v) is 11.3. The second kappa shape index (κ2) is 10.9. The zero-order chi connectivity index (χ0) is 25.8. The maximum Gasteiger partial charge on any atom is 0.368 e. The average molecular weight is 507 g/mol. The number of ether oxygens (including phenoxy) is 1. The molecule has 1 aliphatic rings. The van der Waals surface area contributed by atoms with Gasteiger partial charge < -0.3 is 19.6 Å². The molecule has 1 aliphatic heterocycles. The van der Waals surface area contributed by atoms with Gasteiger partial charge in [0.05, 0.1) is 16.3 Å². The normalized spacial score (nSPS) is 20.5. The van der Waals surface area contributed by atoms with Crippen molar-refractivity contribution in [2.45, 2.75) is 44.4 Å². The molecule has 0 radical (unpaired) electrons. The minimum absolute atomic E-state index is 0.135. The summed E-state index contributed by atoms with van der Waals surface area (Å²) in [7, 11) is 0.305. The third-order valence-corrected chi connectivity index (χ3v) is 8.58. The van der Waals surface area contributed by atoms with Crippen molar-refractivity contribution < 1.29 is 28.1 Å². The highest BCUT2D eigenvalue weighted by Crippen LogP contribution is 2.62. The van der Waals surface area contributed by atoms with Gasteiger partial charge in [0.25, 0.3) is 0 Å². The van der Waals surface area contributed by atoms with Gasteiger partial charge in [-0.2, -0.15) is 15.0 Å². The molecule has 2 aromatic rings. The maximum atomic E-state index is 13.7. The van der Waals surface area contributed by atoms with Gasteiger partial charge in [-0.3, -0.25) is 9.11 Å². The van der Waals surface area contributed by atoms with Gasteiger partial charge in [-0.05, 0) is 31.0 Å². The Hall–Kier alpha value is -2.75. The van der Waals surface area contributed by atoms with Crippen LogP contribution in [-0.2, 0) is 4.79 Å². The van der Waals surface area contributed by atoms with Crippen LogP contribution in [0.3, 0.4) is 0 Å². The Balaban J connectivity index is 2.25. The fourth-order valence-electron chi connectivity index (χ4n) is 4.52. The smallest absolute Gasteiger partial charge is 0.368 e. The molecule has 9 heteroatoms. The number of carboxylic acid groups (broad SMARTS) is 1. The molecular weight excluding hydrogens is 471 g/mol. The van der Waals surface area contributed by atoms with Crippen molar-refractivity contribution >= 4 is 33.6 Å². The van der Waals surface area contributed by atoms with Crippen LogP contribution in [0.1, 0.15) is 39.5 Å². The van der Waals surface area contributed by atoms with Crippen molar-refractivity contribution in [2.24, 2.45) is 5.41 Å². The first-order valence-electron chi connectivity index (χ1n) is 11.7. The molecule has 0 unspecified atom stereocenters. The summed E-state index contributed by atoms with van der Waals surface area (Å²) in [6, 6.07) is 13.1. The van der Waals surface area contributed by atoms with Crippen molar-refractivity contribution in [1.82, 2.24) is 0 Å². The molecule has 0 fully saturated rings. The van der Waals surface area contributed by atoms with Gasteiger partial charge in [-0.15, -0.1) is 0 Å². The van der Waals surface area contributed by atoms with E-state index in [0.717, 1.165) is 31.4 Å². The number of rotatable bonds is 9. The van der Waals surface area contributed by atoms with E-state index >= 15 is 0 Å². The Morgan fingerprint density at radius 2 is 1.91 bits per heavy atom. The summed E-state index contributed by atoms with van der Waals surface area (Å²) in [5.74, 6) is -2.86. The highest BCUT2D eigenvalue weighted by atomic mass is 32.3. The van der Waals surface area contributed by atoms with Gasteiger partial charge in [0.1, 0.15) is 6.26 Å². The van der Waals surface area contributed by atoms with Gasteiger partial charge in [0.2, 0.25) is 5.83 Å². The summed E-state index contributed by atoms with van der Waals surface area (Å²) in [6.45, 7) is 4.82. The van der Waals surface area contributed by atoms with E-state index < -0.39 is 22.4 Å². The molecule has 0 bridgehead atoms. The molecule has 0 saturated carbocycles. The van der Waals surface area contributed by atoms with Gasteiger partial charge >= 0.3 is 5.97 Å². The van der Waals surface area contributed by atoms with E-state index in [1.807, 2.05) is 30.3 Å². The molecule has 7 nitrogen and oxygen atoms in total. The van der Waals surface area contributed by atoms with Crippen molar-refractivity contribution in [2.75, 3.05) is 36.2 Å². The van der Waals surface area contributed by atoms with Crippen LogP contribution in [0.4, 0.5) is 21.5 Å². The molecule has 3 rings (SSSR count). The van der Waals surface area contributed by atoms with E-state index in [1.54, 1.807) is 25.1 Å². The van der Waals surface area contributed by atoms with Crippen LogP contribution in [-0.4, -0.2) is 46.6 Å². The average Bonchev–Trinajstić information content (AvgIpc) is 2.93. The molecule has 0 spiro atoms. The van der Waals surface area contributed by atoms with Crippen molar-refractivity contribution in [3.05, 3.63) is 54.6 Å². The van der Waals surface area contributed by atoms with Crippen molar-refractivity contribution in [3.8, 4) is 5.75 Å². The Labute approximate surface area is 208 Å². The van der Waals surface area contributed by atoms with Gasteiger partial charge in [-0.1, -0.05) is 44.9 Å². The molecular formula is C26H35FN2O5S. The van der Waals surface area contributed by atoms with E-state index in [-0.39, 0.29) is 16.9 Å². The molecule has 2 aromatic carbocycles. The molecule has 0 saturated heterocycles. The SMILES string of the molecule is CCCC[C@]1(CC)CN(c2ccccc2)c2cc(N(C)C)c(O/C=C(\F)C(=O)O)cc2S(O)(O)C1. The topological polar surface area (TPSA) is 93.5 Å². The summed E-state index contributed by atoms with van der Waals surface area (Å²) in [5.41, 5.74) is 1.78. The van der Waals surface area contributed by atoms with E-state index in [2.05, 4.69) is 18.7 Å². The number of halogens is 1. The number of benzene rings is 2. The predicted octanol–water partition coefficient (Wildman–Crippen LogP) is 6.87. The lowest BCUT2D eigenvalue weighted by Gasteiger charge is -2.41. The summed E-state index contributed by atoms with van der Waals surface area (Å²) in [5, 5.41) is 8.85. The highest BCUT2D eigenvalue weighted by molar-refractivity contribution is 8.24. The summed E-state index contributed by atoms with van der Waals surface area (Å²) >= 11 is 0. The minimum atomic E-state index is -3.26. The number of carbonyl (C=O) groups is 1. The number of carboxylic acids is 1. The number of hydrogen-bond donors (Lipinski definition) is 3. The fourth-order valence-corrected chi connectivity index (χ4v) is 6.77. The molecule has 0 aliphatic carbocycles. The Bertz CT molecular complexity index is 1080. The lowest BCUT2D eigenvalue weighted by atomic mass is 9.81. The zero-order valence-electron chi connectivity index (χ0n) is 20.7. The maximum absolute atomic E-state index is 13.7.